The Bertz CT molecular complexity index is 551. The van der Waals surface area contributed by atoms with Gasteiger partial charge in [0, 0.05) is 5.56 Å². The van der Waals surface area contributed by atoms with E-state index in [0.717, 1.165) is 11.1 Å². The Morgan fingerprint density at radius 2 is 2.00 bits per heavy atom. The molecular formula is C9H9IN2O2S. The van der Waals surface area contributed by atoms with Gasteiger partial charge >= 0.3 is 10.2 Å². The molecule has 0 saturated heterocycles. The Morgan fingerprint density at radius 3 is 2.67 bits per heavy atom. The molecule has 0 N–H and O–H groups in total. The first-order chi connectivity index (χ1) is 6.93. The summed E-state index contributed by atoms with van der Waals surface area (Å²) in [5, 5.41) is 0. The Kier molecular flexibility index (Phi) is 2.50. The molecule has 15 heavy (non-hydrogen) atoms. The highest BCUT2D eigenvalue weighted by Gasteiger charge is 2.28. The van der Waals surface area contributed by atoms with Crippen molar-refractivity contribution in [3.63, 3.8) is 0 Å². The van der Waals surface area contributed by atoms with Gasteiger partial charge in [0.2, 0.25) is 0 Å². The van der Waals surface area contributed by atoms with Crippen LogP contribution in [0.4, 0.5) is 5.69 Å². The predicted molar refractivity (Wildman–Crippen MR) is 68.8 cm³/mol. The zero-order valence-corrected chi connectivity index (χ0v) is 11.2. The van der Waals surface area contributed by atoms with Gasteiger partial charge in [-0.15, -0.1) is 4.40 Å². The summed E-state index contributed by atoms with van der Waals surface area (Å²) in [6.07, 6.45) is 0. The fourth-order valence-electron chi connectivity index (χ4n) is 1.65. The second-order valence-electron chi connectivity index (χ2n) is 3.34. The second-order valence-corrected chi connectivity index (χ2v) is 6.40. The number of fused-ring (bicyclic) bond motifs is 1. The molecule has 0 spiro atoms. The number of benzene rings is 1. The molecule has 0 atom stereocenters. The van der Waals surface area contributed by atoms with Crippen LogP contribution in [-0.4, -0.2) is 14.1 Å². The maximum Gasteiger partial charge on any atom is 0.353 e. The van der Waals surface area contributed by atoms with E-state index in [1.807, 2.05) is 19.1 Å². The fourth-order valence-corrected chi connectivity index (χ4v) is 3.22. The first-order valence-corrected chi connectivity index (χ1v) is 6.67. The maximum atomic E-state index is 11.6. The van der Waals surface area contributed by atoms with E-state index < -0.39 is 10.2 Å². The van der Waals surface area contributed by atoms with E-state index in [1.54, 1.807) is 35.9 Å². The number of anilines is 1. The molecule has 4 nitrogen and oxygen atoms in total. The molecule has 1 aromatic rings. The third kappa shape index (κ3) is 1.65. The van der Waals surface area contributed by atoms with Gasteiger partial charge in [-0.1, -0.05) is 12.1 Å². The molecule has 0 aromatic heterocycles. The van der Waals surface area contributed by atoms with Crippen LogP contribution in [-0.2, 0) is 10.2 Å². The maximum absolute atomic E-state index is 11.6. The molecule has 1 aliphatic heterocycles. The van der Waals surface area contributed by atoms with E-state index in [9.17, 15) is 8.42 Å². The molecule has 0 fully saturated rings. The van der Waals surface area contributed by atoms with E-state index >= 15 is 0 Å². The number of halogens is 1. The Hall–Kier alpha value is -0.630. The lowest BCUT2D eigenvalue weighted by Crippen LogP contribution is -2.26. The quantitative estimate of drug-likeness (QED) is 0.539. The molecular weight excluding hydrogens is 327 g/mol. The van der Waals surface area contributed by atoms with E-state index in [2.05, 4.69) is 4.40 Å². The summed E-state index contributed by atoms with van der Waals surface area (Å²) in [5.74, 6) is 0. The van der Waals surface area contributed by atoms with Crippen molar-refractivity contribution in [1.82, 2.24) is 0 Å². The van der Waals surface area contributed by atoms with Crippen molar-refractivity contribution in [3.05, 3.63) is 29.3 Å². The van der Waals surface area contributed by atoms with Crippen LogP contribution >= 0.6 is 22.9 Å². The van der Waals surface area contributed by atoms with Crippen LogP contribution in [0.5, 0.6) is 0 Å². The molecule has 0 aliphatic carbocycles. The van der Waals surface area contributed by atoms with Gasteiger partial charge in [0.15, 0.2) is 0 Å². The molecule has 1 aromatic carbocycles. The van der Waals surface area contributed by atoms with Crippen LogP contribution in [0.3, 0.4) is 0 Å². The highest BCUT2D eigenvalue weighted by molar-refractivity contribution is 14.1. The zero-order valence-electron chi connectivity index (χ0n) is 8.23. The Morgan fingerprint density at radius 1 is 1.33 bits per heavy atom. The second kappa shape index (κ2) is 3.44. The minimum absolute atomic E-state index is 0.552. The normalized spacial score (nSPS) is 18.3. The summed E-state index contributed by atoms with van der Waals surface area (Å²) in [5.41, 5.74) is 3.17. The summed E-state index contributed by atoms with van der Waals surface area (Å²) in [7, 11) is -3.53. The standard InChI is InChI=1S/C9H9IN2O2S/c1-6-4-3-5-8-9(6)7(2)11-15(13,14)12(8)10/h3-5H,1-2H3. The summed E-state index contributed by atoms with van der Waals surface area (Å²) >= 11 is 1.76. The van der Waals surface area contributed by atoms with Crippen LogP contribution in [0.2, 0.25) is 0 Å². The molecule has 80 valence electrons. The minimum atomic E-state index is -3.53. The van der Waals surface area contributed by atoms with E-state index in [-0.39, 0.29) is 0 Å². The smallest absolute Gasteiger partial charge is 0.190 e. The molecule has 6 heteroatoms. The topological polar surface area (TPSA) is 49.7 Å². The van der Waals surface area contributed by atoms with Crippen molar-refractivity contribution >= 4 is 44.5 Å². The van der Waals surface area contributed by atoms with Crippen molar-refractivity contribution in [2.45, 2.75) is 13.8 Å². The van der Waals surface area contributed by atoms with Crippen LogP contribution in [0.25, 0.3) is 0 Å². The Labute approximate surface area is 103 Å². The third-order valence-corrected chi connectivity index (χ3v) is 5.38. The van der Waals surface area contributed by atoms with Crippen LogP contribution in [0.1, 0.15) is 18.1 Å². The monoisotopic (exact) mass is 336 g/mol. The number of rotatable bonds is 0. The largest absolute Gasteiger partial charge is 0.353 e. The van der Waals surface area contributed by atoms with Gasteiger partial charge in [0.05, 0.1) is 34.3 Å². The predicted octanol–water partition coefficient (Wildman–Crippen LogP) is 2.22. The van der Waals surface area contributed by atoms with Crippen molar-refractivity contribution in [1.29, 1.82) is 0 Å². The average molecular weight is 336 g/mol. The number of aryl methyl sites for hydroxylation is 1. The zero-order chi connectivity index (χ0) is 11.2. The third-order valence-electron chi connectivity index (χ3n) is 2.26. The SMILES string of the molecule is CC1=NS(=O)(=O)N(I)c2cccc(C)c21. The summed E-state index contributed by atoms with van der Waals surface area (Å²) in [4.78, 5) is 0. The van der Waals surface area contributed by atoms with E-state index in [1.165, 1.54) is 2.52 Å². The van der Waals surface area contributed by atoms with Gasteiger partial charge in [0.25, 0.3) is 0 Å². The van der Waals surface area contributed by atoms with Gasteiger partial charge in [-0.3, -0.25) is 0 Å². The van der Waals surface area contributed by atoms with Crippen molar-refractivity contribution in [2.75, 3.05) is 2.52 Å². The highest BCUT2D eigenvalue weighted by atomic mass is 127. The fraction of sp³-hybridized carbons (Fsp3) is 0.222. The molecule has 1 aliphatic rings. The van der Waals surface area contributed by atoms with Gasteiger partial charge < -0.3 is 0 Å². The van der Waals surface area contributed by atoms with E-state index in [4.69, 9.17) is 0 Å². The number of hydrogen-bond donors (Lipinski definition) is 0. The lowest BCUT2D eigenvalue weighted by atomic mass is 10.0. The number of nitrogens with zero attached hydrogens (tertiary/aromatic N) is 2. The van der Waals surface area contributed by atoms with Crippen molar-refractivity contribution in [2.24, 2.45) is 4.40 Å². The van der Waals surface area contributed by atoms with Gasteiger partial charge in [0.1, 0.15) is 0 Å². The molecule has 1 heterocycles. The molecule has 0 amide bonds. The van der Waals surface area contributed by atoms with Crippen LogP contribution in [0, 0.1) is 6.92 Å². The van der Waals surface area contributed by atoms with Crippen molar-refractivity contribution in [3.8, 4) is 0 Å². The van der Waals surface area contributed by atoms with Crippen LogP contribution < -0.4 is 2.52 Å². The molecule has 0 bridgehead atoms. The van der Waals surface area contributed by atoms with Gasteiger partial charge in [-0.2, -0.15) is 10.9 Å². The first-order valence-electron chi connectivity index (χ1n) is 4.31. The highest BCUT2D eigenvalue weighted by Crippen LogP contribution is 2.33. The van der Waals surface area contributed by atoms with Crippen molar-refractivity contribution < 1.29 is 8.42 Å². The summed E-state index contributed by atoms with van der Waals surface area (Å²) in [6.45, 7) is 3.66. The minimum Gasteiger partial charge on any atom is -0.190 e. The Balaban J connectivity index is 2.81. The summed E-state index contributed by atoms with van der Waals surface area (Å²) < 4.78 is 28.1. The molecule has 2 rings (SSSR count). The summed E-state index contributed by atoms with van der Waals surface area (Å²) in [6, 6.07) is 5.57. The van der Waals surface area contributed by atoms with E-state index in [0.29, 0.717) is 11.4 Å². The first kappa shape index (κ1) is 10.9. The van der Waals surface area contributed by atoms with Crippen LogP contribution in [0.15, 0.2) is 22.6 Å². The lowest BCUT2D eigenvalue weighted by molar-refractivity contribution is 0.600. The number of hydrogen-bond acceptors (Lipinski definition) is 2. The average Bonchev–Trinajstić information content (AvgIpc) is 2.13. The lowest BCUT2D eigenvalue weighted by Gasteiger charge is -2.23. The molecule has 0 unspecified atom stereocenters. The van der Waals surface area contributed by atoms with Gasteiger partial charge in [-0.25, -0.2) is 0 Å². The molecule has 0 radical (unpaired) electrons. The van der Waals surface area contributed by atoms with Gasteiger partial charge in [-0.05, 0) is 25.5 Å². The molecule has 0 saturated carbocycles.